The summed E-state index contributed by atoms with van der Waals surface area (Å²) in [5, 5.41) is 3.57. The monoisotopic (exact) mass is 206 g/mol. The van der Waals surface area contributed by atoms with Crippen molar-refractivity contribution in [2.75, 3.05) is 12.3 Å². The van der Waals surface area contributed by atoms with Gasteiger partial charge in [-0.3, -0.25) is 4.79 Å². The number of nitrogens with zero attached hydrogens (tertiary/aromatic N) is 3. The van der Waals surface area contributed by atoms with E-state index in [0.717, 1.165) is 4.68 Å². The number of halogens is 2. The summed E-state index contributed by atoms with van der Waals surface area (Å²) in [6.45, 7) is -1.19. The standard InChI is InChI=1S/C6H8F2N4O2/c7-4(8)2-14-5(13)1-12-3-10-6(9)11-12/h3-4H,1-2H2,(H2,9,11). The molecule has 0 fully saturated rings. The van der Waals surface area contributed by atoms with E-state index in [1.165, 1.54) is 6.33 Å². The lowest BCUT2D eigenvalue weighted by Crippen LogP contribution is -2.17. The van der Waals surface area contributed by atoms with Crippen molar-refractivity contribution in [3.05, 3.63) is 6.33 Å². The predicted octanol–water partition coefficient (Wildman–Crippen LogP) is -0.331. The van der Waals surface area contributed by atoms with Crippen molar-refractivity contribution in [3.8, 4) is 0 Å². The Morgan fingerprint density at radius 3 is 2.93 bits per heavy atom. The van der Waals surface area contributed by atoms with E-state index in [0.29, 0.717) is 0 Å². The highest BCUT2D eigenvalue weighted by Crippen LogP contribution is 1.95. The Bertz CT molecular complexity index is 315. The second kappa shape index (κ2) is 4.49. The van der Waals surface area contributed by atoms with Gasteiger partial charge in [-0.05, 0) is 0 Å². The Balaban J connectivity index is 2.34. The molecule has 0 aliphatic carbocycles. The van der Waals surface area contributed by atoms with E-state index in [4.69, 9.17) is 5.73 Å². The van der Waals surface area contributed by atoms with E-state index in [1.807, 2.05) is 0 Å². The zero-order valence-electron chi connectivity index (χ0n) is 7.06. The molecule has 0 saturated heterocycles. The molecule has 0 saturated carbocycles. The van der Waals surface area contributed by atoms with Crippen LogP contribution in [0.25, 0.3) is 0 Å². The molecule has 0 aromatic carbocycles. The predicted molar refractivity (Wildman–Crippen MR) is 41.4 cm³/mol. The van der Waals surface area contributed by atoms with Crippen LogP contribution >= 0.6 is 0 Å². The number of aromatic nitrogens is 3. The Morgan fingerprint density at radius 2 is 2.43 bits per heavy atom. The molecule has 8 heteroatoms. The molecular weight excluding hydrogens is 198 g/mol. The molecule has 0 unspecified atom stereocenters. The average Bonchev–Trinajstić information content (AvgIpc) is 2.48. The summed E-state index contributed by atoms with van der Waals surface area (Å²) >= 11 is 0. The number of alkyl halides is 2. The first-order valence-corrected chi connectivity index (χ1v) is 3.66. The Hall–Kier alpha value is -1.73. The lowest BCUT2D eigenvalue weighted by Gasteiger charge is -2.02. The number of rotatable bonds is 4. The van der Waals surface area contributed by atoms with E-state index in [-0.39, 0.29) is 12.5 Å². The Morgan fingerprint density at radius 1 is 1.71 bits per heavy atom. The first kappa shape index (κ1) is 10.4. The van der Waals surface area contributed by atoms with Gasteiger partial charge in [-0.25, -0.2) is 18.4 Å². The van der Waals surface area contributed by atoms with Crippen LogP contribution in [0.3, 0.4) is 0 Å². The molecule has 0 atom stereocenters. The number of carbonyl (C=O) groups is 1. The van der Waals surface area contributed by atoms with Crippen molar-refractivity contribution in [1.29, 1.82) is 0 Å². The van der Waals surface area contributed by atoms with Crippen molar-refractivity contribution in [3.63, 3.8) is 0 Å². The molecule has 1 heterocycles. The summed E-state index contributed by atoms with van der Waals surface area (Å²) in [5.74, 6) is -0.804. The summed E-state index contributed by atoms with van der Waals surface area (Å²) in [6.07, 6.45) is -1.46. The number of anilines is 1. The van der Waals surface area contributed by atoms with Gasteiger partial charge in [0.25, 0.3) is 6.43 Å². The van der Waals surface area contributed by atoms with Gasteiger partial charge in [-0.2, -0.15) is 0 Å². The maximum Gasteiger partial charge on any atom is 0.328 e. The van der Waals surface area contributed by atoms with E-state index >= 15 is 0 Å². The molecule has 0 aliphatic heterocycles. The van der Waals surface area contributed by atoms with Crippen molar-refractivity contribution >= 4 is 11.9 Å². The highest BCUT2D eigenvalue weighted by Gasteiger charge is 2.09. The van der Waals surface area contributed by atoms with Gasteiger partial charge in [0, 0.05) is 0 Å². The first-order valence-electron chi connectivity index (χ1n) is 3.66. The summed E-state index contributed by atoms with van der Waals surface area (Å²) in [6, 6.07) is 0. The average molecular weight is 206 g/mol. The fourth-order valence-electron chi connectivity index (χ4n) is 0.719. The fraction of sp³-hybridized carbons (Fsp3) is 0.500. The second-order valence-electron chi connectivity index (χ2n) is 2.37. The summed E-state index contributed by atoms with van der Waals surface area (Å²) in [5.41, 5.74) is 5.16. The molecule has 2 N–H and O–H groups in total. The number of nitrogen functional groups attached to an aromatic ring is 1. The smallest absolute Gasteiger partial charge is 0.328 e. The highest BCUT2D eigenvalue weighted by molar-refractivity contribution is 5.69. The van der Waals surface area contributed by atoms with Gasteiger partial charge < -0.3 is 10.5 Å². The summed E-state index contributed by atoms with van der Waals surface area (Å²) < 4.78 is 28.5. The zero-order chi connectivity index (χ0) is 10.6. The molecule has 1 aromatic heterocycles. The fourth-order valence-corrected chi connectivity index (χ4v) is 0.719. The van der Waals surface area contributed by atoms with Crippen LogP contribution in [0.15, 0.2) is 6.33 Å². The first-order chi connectivity index (χ1) is 6.58. The number of ether oxygens (including phenoxy) is 1. The normalized spacial score (nSPS) is 10.5. The minimum atomic E-state index is -2.67. The minimum Gasteiger partial charge on any atom is -0.458 e. The van der Waals surface area contributed by atoms with Crippen LogP contribution in [0, 0.1) is 0 Å². The molecule has 0 radical (unpaired) electrons. The number of hydrogen-bond acceptors (Lipinski definition) is 5. The summed E-state index contributed by atoms with van der Waals surface area (Å²) in [4.78, 5) is 14.4. The third-order valence-electron chi connectivity index (χ3n) is 1.22. The van der Waals surface area contributed by atoms with Crippen LogP contribution in [0.4, 0.5) is 14.7 Å². The SMILES string of the molecule is Nc1ncn(CC(=O)OCC(F)F)n1. The number of carbonyl (C=O) groups excluding carboxylic acids is 1. The molecule has 1 aromatic rings. The third kappa shape index (κ3) is 3.33. The molecule has 0 bridgehead atoms. The molecule has 6 nitrogen and oxygen atoms in total. The van der Waals surface area contributed by atoms with Crippen molar-refractivity contribution in [1.82, 2.24) is 14.8 Å². The zero-order valence-corrected chi connectivity index (χ0v) is 7.06. The van der Waals surface area contributed by atoms with E-state index in [9.17, 15) is 13.6 Å². The molecule has 78 valence electrons. The van der Waals surface area contributed by atoms with Gasteiger partial charge >= 0.3 is 5.97 Å². The van der Waals surface area contributed by atoms with E-state index in [2.05, 4.69) is 14.8 Å². The van der Waals surface area contributed by atoms with E-state index < -0.39 is 19.0 Å². The maximum atomic E-state index is 11.6. The van der Waals surface area contributed by atoms with Crippen LogP contribution in [0.1, 0.15) is 0 Å². The van der Waals surface area contributed by atoms with Gasteiger partial charge in [0.05, 0.1) is 0 Å². The van der Waals surface area contributed by atoms with Crippen LogP contribution in [-0.2, 0) is 16.1 Å². The molecule has 14 heavy (non-hydrogen) atoms. The Labute approximate surface area is 77.7 Å². The largest absolute Gasteiger partial charge is 0.458 e. The van der Waals surface area contributed by atoms with Gasteiger partial charge in [0.1, 0.15) is 12.9 Å². The van der Waals surface area contributed by atoms with Crippen LogP contribution < -0.4 is 5.73 Å². The third-order valence-corrected chi connectivity index (χ3v) is 1.22. The Kier molecular flexibility index (Phi) is 3.32. The minimum absolute atomic E-state index is 0.00617. The van der Waals surface area contributed by atoms with Gasteiger partial charge in [0.15, 0.2) is 6.61 Å². The topological polar surface area (TPSA) is 83.0 Å². The molecular formula is C6H8F2N4O2. The quantitative estimate of drug-likeness (QED) is 0.682. The van der Waals surface area contributed by atoms with Gasteiger partial charge in [-0.15, -0.1) is 5.10 Å². The summed E-state index contributed by atoms with van der Waals surface area (Å²) in [7, 11) is 0. The van der Waals surface area contributed by atoms with Crippen LogP contribution in [0.5, 0.6) is 0 Å². The van der Waals surface area contributed by atoms with Gasteiger partial charge in [0.2, 0.25) is 5.95 Å². The highest BCUT2D eigenvalue weighted by atomic mass is 19.3. The molecule has 1 rings (SSSR count). The lowest BCUT2D eigenvalue weighted by atomic mass is 10.6. The molecule has 0 spiro atoms. The molecule has 0 aliphatic rings. The van der Waals surface area contributed by atoms with Gasteiger partial charge in [-0.1, -0.05) is 0 Å². The second-order valence-corrected chi connectivity index (χ2v) is 2.37. The lowest BCUT2D eigenvalue weighted by molar-refractivity contribution is -0.148. The van der Waals surface area contributed by atoms with Crippen LogP contribution in [0.2, 0.25) is 0 Å². The van der Waals surface area contributed by atoms with Crippen molar-refractivity contribution in [2.24, 2.45) is 0 Å². The number of nitrogens with two attached hydrogens (primary N) is 1. The number of hydrogen-bond donors (Lipinski definition) is 1. The van der Waals surface area contributed by atoms with E-state index in [1.54, 1.807) is 0 Å². The molecule has 0 amide bonds. The van der Waals surface area contributed by atoms with Crippen molar-refractivity contribution < 1.29 is 18.3 Å². The van der Waals surface area contributed by atoms with Crippen molar-refractivity contribution in [2.45, 2.75) is 13.0 Å². The maximum absolute atomic E-state index is 11.6. The number of esters is 1. The van der Waals surface area contributed by atoms with Crippen LogP contribution in [-0.4, -0.2) is 33.8 Å².